The molecule has 0 unspecified atom stereocenters. The van der Waals surface area contributed by atoms with Crippen LogP contribution in [0.15, 0.2) is 40.4 Å². The quantitative estimate of drug-likeness (QED) is 0.863. The molecule has 20 heavy (non-hydrogen) atoms. The van der Waals surface area contributed by atoms with Crippen molar-refractivity contribution in [3.63, 3.8) is 0 Å². The maximum Gasteiger partial charge on any atom is 0.419 e. The minimum Gasteiger partial charge on any atom is -0.486 e. The second-order valence-corrected chi connectivity index (χ2v) is 5.89. The Morgan fingerprint density at radius 1 is 1.25 bits per heavy atom. The van der Waals surface area contributed by atoms with Crippen molar-refractivity contribution in [3.8, 4) is 5.75 Å². The molecular formula is C12H10F3NO3S. The topological polar surface area (TPSA) is 55.7 Å². The molecule has 0 aromatic heterocycles. The molecular weight excluding hydrogens is 295 g/mol. The minimum atomic E-state index is -4.57. The van der Waals surface area contributed by atoms with Gasteiger partial charge in [0, 0.05) is 0 Å². The standard InChI is InChI=1S/C12H10F3NO3S/c1-8-7-20(17,18)11(16-8)6-19-10-5-3-2-4-9(10)12(13,14)15/h2-5,7H,6H2,1H3. The van der Waals surface area contributed by atoms with Crippen LogP contribution in [0.5, 0.6) is 5.75 Å². The van der Waals surface area contributed by atoms with Crippen LogP contribution in [0.2, 0.25) is 0 Å². The highest BCUT2D eigenvalue weighted by atomic mass is 32.2. The molecule has 108 valence electrons. The number of aliphatic imine (C=N–C) groups is 1. The van der Waals surface area contributed by atoms with Gasteiger partial charge in [0.05, 0.1) is 16.7 Å². The fourth-order valence-electron chi connectivity index (χ4n) is 1.66. The molecule has 0 saturated heterocycles. The largest absolute Gasteiger partial charge is 0.486 e. The number of hydrogen-bond donors (Lipinski definition) is 0. The third kappa shape index (κ3) is 3.01. The first-order valence-corrected chi connectivity index (χ1v) is 7.05. The van der Waals surface area contributed by atoms with Crippen molar-refractivity contribution in [2.24, 2.45) is 4.99 Å². The Labute approximate surface area is 113 Å². The number of nitrogens with zero attached hydrogens (tertiary/aromatic N) is 1. The summed E-state index contributed by atoms with van der Waals surface area (Å²) in [6.07, 6.45) is -4.57. The summed E-state index contributed by atoms with van der Waals surface area (Å²) in [5.41, 5.74) is -0.687. The molecule has 0 atom stereocenters. The average Bonchev–Trinajstić information content (AvgIpc) is 2.58. The zero-order valence-electron chi connectivity index (χ0n) is 10.3. The molecule has 0 radical (unpaired) electrons. The highest BCUT2D eigenvalue weighted by Gasteiger charge is 2.34. The van der Waals surface area contributed by atoms with E-state index in [9.17, 15) is 21.6 Å². The molecule has 0 bridgehead atoms. The van der Waals surface area contributed by atoms with Crippen molar-refractivity contribution in [3.05, 3.63) is 40.9 Å². The number of benzene rings is 1. The maximum absolute atomic E-state index is 12.7. The highest BCUT2D eigenvalue weighted by molar-refractivity contribution is 8.09. The van der Waals surface area contributed by atoms with Gasteiger partial charge in [-0.25, -0.2) is 13.4 Å². The van der Waals surface area contributed by atoms with Gasteiger partial charge in [0.15, 0.2) is 5.04 Å². The van der Waals surface area contributed by atoms with Crippen LogP contribution < -0.4 is 4.74 Å². The number of ether oxygens (including phenoxy) is 1. The van der Waals surface area contributed by atoms with Crippen molar-refractivity contribution in [1.29, 1.82) is 0 Å². The zero-order chi connectivity index (χ0) is 15.0. The fourth-order valence-corrected chi connectivity index (χ4v) is 2.79. The molecule has 1 heterocycles. The smallest absolute Gasteiger partial charge is 0.419 e. The van der Waals surface area contributed by atoms with E-state index in [0.29, 0.717) is 0 Å². The fraction of sp³-hybridized carbons (Fsp3) is 0.250. The normalized spacial score (nSPS) is 17.6. The molecule has 0 aliphatic carbocycles. The summed E-state index contributed by atoms with van der Waals surface area (Å²) in [6.45, 7) is 0.942. The van der Waals surface area contributed by atoms with Gasteiger partial charge in [0.25, 0.3) is 0 Å². The first kappa shape index (κ1) is 14.6. The molecule has 1 aliphatic rings. The van der Waals surface area contributed by atoms with E-state index >= 15 is 0 Å². The second-order valence-electron chi connectivity index (χ2n) is 4.09. The van der Waals surface area contributed by atoms with Gasteiger partial charge in [-0.05, 0) is 19.1 Å². The van der Waals surface area contributed by atoms with Gasteiger partial charge in [0.2, 0.25) is 9.84 Å². The predicted octanol–water partition coefficient (Wildman–Crippen LogP) is 2.77. The molecule has 0 fully saturated rings. The van der Waals surface area contributed by atoms with Crippen LogP contribution in [-0.2, 0) is 16.0 Å². The Bertz CT molecular complexity index is 690. The lowest BCUT2D eigenvalue weighted by Gasteiger charge is -2.13. The van der Waals surface area contributed by atoms with E-state index in [1.165, 1.54) is 19.1 Å². The Balaban J connectivity index is 2.20. The van der Waals surface area contributed by atoms with Crippen molar-refractivity contribution in [1.82, 2.24) is 0 Å². The highest BCUT2D eigenvalue weighted by Crippen LogP contribution is 2.36. The minimum absolute atomic E-state index is 0.271. The third-order valence-electron chi connectivity index (χ3n) is 2.50. The van der Waals surface area contributed by atoms with Gasteiger partial charge in [-0.1, -0.05) is 12.1 Å². The van der Waals surface area contributed by atoms with Gasteiger partial charge in [-0.15, -0.1) is 0 Å². The molecule has 1 aromatic rings. The first-order valence-electron chi connectivity index (χ1n) is 5.50. The third-order valence-corrected chi connectivity index (χ3v) is 4.02. The lowest BCUT2D eigenvalue weighted by molar-refractivity contribution is -0.138. The molecule has 0 saturated carbocycles. The van der Waals surface area contributed by atoms with E-state index in [2.05, 4.69) is 4.99 Å². The monoisotopic (exact) mass is 305 g/mol. The van der Waals surface area contributed by atoms with Crippen LogP contribution in [0, 0.1) is 0 Å². The number of sulfone groups is 1. The van der Waals surface area contributed by atoms with Crippen molar-refractivity contribution in [2.75, 3.05) is 6.61 Å². The SMILES string of the molecule is CC1=CS(=O)(=O)C(COc2ccccc2C(F)(F)F)=N1. The zero-order valence-corrected chi connectivity index (χ0v) is 11.1. The van der Waals surface area contributed by atoms with Crippen LogP contribution in [0.25, 0.3) is 0 Å². The predicted molar refractivity (Wildman–Crippen MR) is 67.1 cm³/mol. The van der Waals surface area contributed by atoms with E-state index in [4.69, 9.17) is 4.74 Å². The Morgan fingerprint density at radius 3 is 2.45 bits per heavy atom. The van der Waals surface area contributed by atoms with Crippen LogP contribution in [-0.4, -0.2) is 20.1 Å². The first-order chi connectivity index (χ1) is 9.20. The number of para-hydroxylation sites is 1. The van der Waals surface area contributed by atoms with Crippen LogP contribution in [0.4, 0.5) is 13.2 Å². The van der Waals surface area contributed by atoms with Crippen molar-refractivity contribution >= 4 is 14.9 Å². The molecule has 1 aliphatic heterocycles. The molecule has 0 spiro atoms. The van der Waals surface area contributed by atoms with Gasteiger partial charge in [0.1, 0.15) is 12.4 Å². The van der Waals surface area contributed by atoms with E-state index in [-0.39, 0.29) is 10.7 Å². The van der Waals surface area contributed by atoms with E-state index in [1.54, 1.807) is 0 Å². The summed E-state index contributed by atoms with van der Waals surface area (Å²) >= 11 is 0. The van der Waals surface area contributed by atoms with Gasteiger partial charge < -0.3 is 4.74 Å². The molecule has 4 nitrogen and oxygen atoms in total. The summed E-state index contributed by atoms with van der Waals surface area (Å²) in [5.74, 6) is -0.428. The Kier molecular flexibility index (Phi) is 3.59. The summed E-state index contributed by atoms with van der Waals surface area (Å²) < 4.78 is 66.3. The lowest BCUT2D eigenvalue weighted by Crippen LogP contribution is -2.19. The molecule has 0 amide bonds. The van der Waals surface area contributed by atoms with Crippen molar-refractivity contribution in [2.45, 2.75) is 13.1 Å². The molecule has 0 N–H and O–H groups in total. The van der Waals surface area contributed by atoms with Gasteiger partial charge in [-0.2, -0.15) is 13.2 Å². The van der Waals surface area contributed by atoms with E-state index in [1.807, 2.05) is 0 Å². The second kappa shape index (κ2) is 4.93. The van der Waals surface area contributed by atoms with E-state index < -0.39 is 33.9 Å². The molecule has 2 rings (SSSR count). The van der Waals surface area contributed by atoms with Crippen molar-refractivity contribution < 1.29 is 26.3 Å². The Hall–Kier alpha value is -1.83. The van der Waals surface area contributed by atoms with Crippen LogP contribution in [0.1, 0.15) is 12.5 Å². The van der Waals surface area contributed by atoms with Crippen LogP contribution in [0.3, 0.4) is 0 Å². The molecule has 1 aromatic carbocycles. The number of hydrogen-bond acceptors (Lipinski definition) is 4. The number of rotatable bonds is 3. The van der Waals surface area contributed by atoms with E-state index in [0.717, 1.165) is 17.5 Å². The molecule has 8 heteroatoms. The lowest BCUT2D eigenvalue weighted by atomic mass is 10.2. The number of halogens is 3. The average molecular weight is 305 g/mol. The Morgan fingerprint density at radius 2 is 1.90 bits per heavy atom. The van der Waals surface area contributed by atoms with Crippen LogP contribution >= 0.6 is 0 Å². The number of allylic oxidation sites excluding steroid dienone is 1. The summed E-state index contributed by atoms with van der Waals surface area (Å²) in [6, 6.07) is 4.60. The summed E-state index contributed by atoms with van der Waals surface area (Å²) in [7, 11) is -3.67. The van der Waals surface area contributed by atoms with Gasteiger partial charge >= 0.3 is 6.18 Å². The summed E-state index contributed by atoms with van der Waals surface area (Å²) in [5, 5.41) is 0.647. The van der Waals surface area contributed by atoms with Gasteiger partial charge in [-0.3, -0.25) is 0 Å². The number of alkyl halides is 3. The summed E-state index contributed by atoms with van der Waals surface area (Å²) in [4.78, 5) is 3.73. The maximum atomic E-state index is 12.7.